The van der Waals surface area contributed by atoms with Gasteiger partial charge in [0.1, 0.15) is 12.1 Å². The standard InChI is InChI=1S/C18H21BN7O2/c1-2-12-5-3-4-6-13(12)10-20-19-18-24-23-16(28-18)9-17(27)26-8-7-14-15(11-26)22-25-21-14/h3-6,20H,2,7-11H2,1H3,(H,21,22,25). The Morgan fingerprint density at radius 3 is 2.93 bits per heavy atom. The first kappa shape index (κ1) is 18.4. The largest absolute Gasteiger partial charge is 0.434 e. The van der Waals surface area contributed by atoms with Gasteiger partial charge in [0.05, 0.1) is 12.2 Å². The molecule has 10 heteroatoms. The Kier molecular flexibility index (Phi) is 5.47. The minimum absolute atomic E-state index is 0.0614. The van der Waals surface area contributed by atoms with Gasteiger partial charge in [-0.25, -0.2) is 0 Å². The van der Waals surface area contributed by atoms with Crippen molar-refractivity contribution in [3.8, 4) is 0 Å². The molecule has 0 spiro atoms. The molecule has 28 heavy (non-hydrogen) atoms. The normalized spacial score (nSPS) is 13.4. The fourth-order valence-corrected chi connectivity index (χ4v) is 3.28. The van der Waals surface area contributed by atoms with Crippen molar-refractivity contribution >= 4 is 19.1 Å². The highest BCUT2D eigenvalue weighted by molar-refractivity contribution is 6.47. The number of aryl methyl sites for hydroxylation is 1. The van der Waals surface area contributed by atoms with Crippen molar-refractivity contribution in [2.45, 2.75) is 39.3 Å². The van der Waals surface area contributed by atoms with Crippen LogP contribution >= 0.6 is 0 Å². The third kappa shape index (κ3) is 4.11. The quantitative estimate of drug-likeness (QED) is 0.553. The molecule has 9 nitrogen and oxygen atoms in total. The molecule has 1 radical (unpaired) electrons. The van der Waals surface area contributed by atoms with E-state index in [0.29, 0.717) is 37.7 Å². The van der Waals surface area contributed by atoms with Gasteiger partial charge in [0, 0.05) is 19.5 Å². The highest BCUT2D eigenvalue weighted by Crippen LogP contribution is 2.14. The van der Waals surface area contributed by atoms with E-state index < -0.39 is 0 Å². The average Bonchev–Trinajstić information content (AvgIpc) is 3.37. The van der Waals surface area contributed by atoms with Gasteiger partial charge in [0.2, 0.25) is 11.8 Å². The van der Waals surface area contributed by atoms with Crippen LogP contribution in [-0.4, -0.2) is 50.4 Å². The smallest absolute Gasteiger partial charge is 0.325 e. The van der Waals surface area contributed by atoms with E-state index >= 15 is 0 Å². The van der Waals surface area contributed by atoms with Gasteiger partial charge in [-0.1, -0.05) is 31.2 Å². The van der Waals surface area contributed by atoms with Crippen molar-refractivity contribution in [1.82, 2.24) is 35.7 Å². The van der Waals surface area contributed by atoms with E-state index in [9.17, 15) is 4.79 Å². The molecule has 0 atom stereocenters. The molecule has 0 aliphatic carbocycles. The molecular formula is C18H21BN7O2. The molecule has 1 aliphatic heterocycles. The average molecular weight is 378 g/mol. The maximum Gasteiger partial charge on any atom is 0.325 e. The molecule has 2 N–H and O–H groups in total. The predicted molar refractivity (Wildman–Crippen MR) is 102 cm³/mol. The number of carbonyl (C=O) groups is 1. The second kappa shape index (κ2) is 8.34. The van der Waals surface area contributed by atoms with E-state index in [1.165, 1.54) is 11.1 Å². The van der Waals surface area contributed by atoms with Crippen LogP contribution in [0.5, 0.6) is 0 Å². The number of amides is 1. The summed E-state index contributed by atoms with van der Waals surface area (Å²) in [6.07, 6.45) is 1.76. The minimum Gasteiger partial charge on any atom is -0.434 e. The molecule has 0 saturated heterocycles. The molecule has 0 unspecified atom stereocenters. The zero-order chi connectivity index (χ0) is 19.3. The number of H-pyrrole nitrogens is 1. The molecule has 0 saturated carbocycles. The zero-order valence-electron chi connectivity index (χ0n) is 15.7. The summed E-state index contributed by atoms with van der Waals surface area (Å²) in [7, 11) is 1.68. The highest BCUT2D eigenvalue weighted by atomic mass is 16.4. The fourth-order valence-electron chi connectivity index (χ4n) is 3.28. The summed E-state index contributed by atoms with van der Waals surface area (Å²) in [6.45, 7) is 3.88. The third-order valence-corrected chi connectivity index (χ3v) is 4.82. The number of nitrogens with one attached hydrogen (secondary N) is 2. The molecule has 0 fully saturated rings. The van der Waals surface area contributed by atoms with Crippen LogP contribution in [0.2, 0.25) is 0 Å². The van der Waals surface area contributed by atoms with Gasteiger partial charge in [-0.15, -0.1) is 10.2 Å². The first-order valence-corrected chi connectivity index (χ1v) is 9.35. The number of rotatable bonds is 7. The minimum atomic E-state index is -0.0614. The number of benzene rings is 1. The Hall–Kier alpha value is -3.01. The Balaban J connectivity index is 1.28. The summed E-state index contributed by atoms with van der Waals surface area (Å²) in [5, 5.41) is 21.9. The van der Waals surface area contributed by atoms with Crippen LogP contribution in [0.15, 0.2) is 28.7 Å². The van der Waals surface area contributed by atoms with E-state index in [1.807, 2.05) is 12.1 Å². The van der Waals surface area contributed by atoms with Crippen LogP contribution < -0.4 is 11.0 Å². The number of fused-ring (bicyclic) bond motifs is 1. The predicted octanol–water partition coefficient (Wildman–Crippen LogP) is -0.0882. The second-order valence-corrected chi connectivity index (χ2v) is 6.64. The number of aromatic amines is 1. The van der Waals surface area contributed by atoms with Gasteiger partial charge >= 0.3 is 7.41 Å². The molecule has 3 aromatic rings. The van der Waals surface area contributed by atoms with E-state index in [2.05, 4.69) is 49.9 Å². The molecule has 143 valence electrons. The van der Waals surface area contributed by atoms with Crippen LogP contribution in [0, 0.1) is 0 Å². The fraction of sp³-hybridized carbons (Fsp3) is 0.389. The van der Waals surface area contributed by atoms with Crippen LogP contribution in [0.25, 0.3) is 0 Å². The van der Waals surface area contributed by atoms with E-state index in [4.69, 9.17) is 4.42 Å². The van der Waals surface area contributed by atoms with Gasteiger partial charge in [0.25, 0.3) is 0 Å². The molecule has 1 amide bonds. The molecule has 2 aromatic heterocycles. The molecule has 4 rings (SSSR count). The molecular weight excluding hydrogens is 357 g/mol. The van der Waals surface area contributed by atoms with Crippen molar-refractivity contribution in [3.63, 3.8) is 0 Å². The third-order valence-electron chi connectivity index (χ3n) is 4.82. The SMILES string of the molecule is CCc1ccccc1CN[B]c1nnc(CC(=O)N2CCc3n[nH]nc3C2)o1. The Morgan fingerprint density at radius 1 is 1.25 bits per heavy atom. The molecule has 1 aromatic carbocycles. The topological polar surface area (TPSA) is 113 Å². The van der Waals surface area contributed by atoms with Gasteiger partial charge in [-0.3, -0.25) is 4.79 Å². The Morgan fingerprint density at radius 2 is 2.07 bits per heavy atom. The number of nitrogens with zero attached hydrogens (tertiary/aromatic N) is 5. The Labute approximate surface area is 163 Å². The summed E-state index contributed by atoms with van der Waals surface area (Å²) in [4.78, 5) is 14.2. The first-order chi connectivity index (χ1) is 13.7. The zero-order valence-corrected chi connectivity index (χ0v) is 15.7. The molecule has 0 bridgehead atoms. The summed E-state index contributed by atoms with van der Waals surface area (Å²) in [5.74, 6) is 0.598. The maximum atomic E-state index is 12.5. The number of hydrogen-bond donors (Lipinski definition) is 2. The summed E-state index contributed by atoms with van der Waals surface area (Å²) in [5.41, 5.74) is 4.27. The van der Waals surface area contributed by atoms with Crippen LogP contribution in [0.3, 0.4) is 0 Å². The number of aromatic nitrogens is 5. The van der Waals surface area contributed by atoms with Gasteiger partial charge in [-0.2, -0.15) is 15.4 Å². The lowest BCUT2D eigenvalue weighted by molar-refractivity contribution is -0.131. The van der Waals surface area contributed by atoms with Crippen LogP contribution in [-0.2, 0) is 37.1 Å². The molecule has 3 heterocycles. The van der Waals surface area contributed by atoms with Gasteiger partial charge in [-0.05, 0) is 17.5 Å². The van der Waals surface area contributed by atoms with Crippen LogP contribution in [0.4, 0.5) is 0 Å². The monoisotopic (exact) mass is 378 g/mol. The van der Waals surface area contributed by atoms with Crippen molar-refractivity contribution in [3.05, 3.63) is 52.7 Å². The van der Waals surface area contributed by atoms with Crippen molar-refractivity contribution < 1.29 is 9.21 Å². The lowest BCUT2D eigenvalue weighted by atomic mass is 9.94. The van der Waals surface area contributed by atoms with Gasteiger partial charge in [0.15, 0.2) is 5.79 Å². The highest BCUT2D eigenvalue weighted by Gasteiger charge is 2.24. The van der Waals surface area contributed by atoms with Gasteiger partial charge < -0.3 is 14.5 Å². The number of hydrogen-bond acceptors (Lipinski definition) is 7. The van der Waals surface area contributed by atoms with Crippen molar-refractivity contribution in [2.75, 3.05) is 6.54 Å². The lowest BCUT2D eigenvalue weighted by Crippen LogP contribution is -2.37. The van der Waals surface area contributed by atoms with E-state index in [1.54, 1.807) is 12.3 Å². The van der Waals surface area contributed by atoms with Crippen molar-refractivity contribution in [1.29, 1.82) is 0 Å². The Bertz CT molecular complexity index is 955. The summed E-state index contributed by atoms with van der Waals surface area (Å²) >= 11 is 0. The van der Waals surface area contributed by atoms with E-state index in [-0.39, 0.29) is 12.3 Å². The summed E-state index contributed by atoms with van der Waals surface area (Å²) < 4.78 is 5.57. The van der Waals surface area contributed by atoms with Crippen molar-refractivity contribution in [2.24, 2.45) is 0 Å². The van der Waals surface area contributed by atoms with Crippen LogP contribution in [0.1, 0.15) is 35.3 Å². The second-order valence-electron chi connectivity index (χ2n) is 6.64. The first-order valence-electron chi connectivity index (χ1n) is 9.35. The molecule has 1 aliphatic rings. The van der Waals surface area contributed by atoms with E-state index in [0.717, 1.165) is 17.8 Å². The number of carbonyl (C=O) groups excluding carboxylic acids is 1. The lowest BCUT2D eigenvalue weighted by Gasteiger charge is -2.24. The maximum absolute atomic E-state index is 12.5. The summed E-state index contributed by atoms with van der Waals surface area (Å²) in [6, 6.07) is 8.28.